The minimum absolute atomic E-state index is 0.263. The van der Waals surface area contributed by atoms with E-state index < -0.39 is 18.1 Å². The van der Waals surface area contributed by atoms with Crippen LogP contribution in [0.3, 0.4) is 0 Å². The van der Waals surface area contributed by atoms with Gasteiger partial charge < -0.3 is 15.9 Å². The van der Waals surface area contributed by atoms with Crippen LogP contribution < -0.4 is 5.73 Å². The van der Waals surface area contributed by atoms with Crippen LogP contribution in [0.25, 0.3) is 0 Å². The fourth-order valence-corrected chi connectivity index (χ4v) is 1.11. The van der Waals surface area contributed by atoms with Crippen LogP contribution in [-0.4, -0.2) is 27.2 Å². The van der Waals surface area contributed by atoms with Gasteiger partial charge in [-0.05, 0) is 18.6 Å². The molecule has 0 fully saturated rings. The molecule has 4 N–H and O–H groups in total. The molecule has 76 valence electrons. The molecule has 1 rings (SSSR count). The average molecular weight is 196 g/mol. The van der Waals surface area contributed by atoms with Crippen molar-refractivity contribution >= 4 is 5.91 Å². The number of carbonyl (C=O) groups excluding carboxylic acids is 1. The van der Waals surface area contributed by atoms with Gasteiger partial charge in [-0.25, -0.2) is 0 Å². The lowest BCUT2D eigenvalue weighted by Crippen LogP contribution is -2.34. The number of pyridine rings is 1. The quantitative estimate of drug-likeness (QED) is 0.593. The van der Waals surface area contributed by atoms with Gasteiger partial charge >= 0.3 is 0 Å². The van der Waals surface area contributed by atoms with Crippen molar-refractivity contribution in [3.05, 3.63) is 29.6 Å². The topological polar surface area (TPSA) is 96.4 Å². The molecule has 0 radical (unpaired) electrons. The second-order valence-electron chi connectivity index (χ2n) is 3.00. The Labute approximate surface area is 81.2 Å². The lowest BCUT2D eigenvalue weighted by atomic mass is 10.1. The van der Waals surface area contributed by atoms with E-state index >= 15 is 0 Å². The number of aliphatic hydroxyl groups is 2. The molecule has 1 heterocycles. The van der Waals surface area contributed by atoms with Crippen LogP contribution >= 0.6 is 0 Å². The molecule has 5 nitrogen and oxygen atoms in total. The van der Waals surface area contributed by atoms with E-state index in [1.165, 1.54) is 6.20 Å². The Kier molecular flexibility index (Phi) is 3.16. The molecule has 0 saturated carbocycles. The molecular formula is C9H12N2O3. The number of nitrogens with two attached hydrogens (primary N) is 1. The van der Waals surface area contributed by atoms with E-state index in [0.29, 0.717) is 5.56 Å². The number of aryl methyl sites for hydroxylation is 1. The predicted molar refractivity (Wildman–Crippen MR) is 49.1 cm³/mol. The van der Waals surface area contributed by atoms with Crippen LogP contribution in [0.4, 0.5) is 0 Å². The Balaban J connectivity index is 2.94. The summed E-state index contributed by atoms with van der Waals surface area (Å²) in [6.07, 6.45) is -1.52. The van der Waals surface area contributed by atoms with E-state index in [1.54, 1.807) is 19.1 Å². The Bertz CT molecular complexity index is 341. The lowest BCUT2D eigenvalue weighted by molar-refractivity contribution is -0.132. The maximum absolute atomic E-state index is 10.6. The Morgan fingerprint density at radius 3 is 2.71 bits per heavy atom. The zero-order valence-corrected chi connectivity index (χ0v) is 7.71. The third-order valence-electron chi connectivity index (χ3n) is 1.92. The van der Waals surface area contributed by atoms with Crippen molar-refractivity contribution < 1.29 is 15.0 Å². The molecule has 0 bridgehead atoms. The molecular weight excluding hydrogens is 184 g/mol. The highest BCUT2D eigenvalue weighted by Gasteiger charge is 2.25. The van der Waals surface area contributed by atoms with Gasteiger partial charge in [-0.1, -0.05) is 6.07 Å². The Morgan fingerprint density at radius 1 is 1.57 bits per heavy atom. The van der Waals surface area contributed by atoms with Crippen molar-refractivity contribution in [2.24, 2.45) is 5.73 Å². The van der Waals surface area contributed by atoms with E-state index in [0.717, 1.165) is 0 Å². The van der Waals surface area contributed by atoms with E-state index in [-0.39, 0.29) is 5.69 Å². The second-order valence-corrected chi connectivity index (χ2v) is 3.00. The minimum atomic E-state index is -1.62. The fourth-order valence-electron chi connectivity index (χ4n) is 1.11. The van der Waals surface area contributed by atoms with E-state index in [1.807, 2.05) is 0 Å². The number of carbonyl (C=O) groups is 1. The van der Waals surface area contributed by atoms with E-state index in [2.05, 4.69) is 4.98 Å². The highest BCUT2D eigenvalue weighted by atomic mass is 16.3. The number of rotatable bonds is 3. The van der Waals surface area contributed by atoms with E-state index in [9.17, 15) is 15.0 Å². The number of hydrogen-bond acceptors (Lipinski definition) is 4. The molecule has 1 amide bonds. The summed E-state index contributed by atoms with van der Waals surface area (Å²) in [5, 5.41) is 18.7. The van der Waals surface area contributed by atoms with Crippen molar-refractivity contribution in [3.63, 3.8) is 0 Å². The smallest absolute Gasteiger partial charge is 0.249 e. The molecule has 0 aromatic carbocycles. The van der Waals surface area contributed by atoms with Crippen LogP contribution in [0, 0.1) is 6.92 Å². The highest BCUT2D eigenvalue weighted by molar-refractivity contribution is 5.79. The van der Waals surface area contributed by atoms with Gasteiger partial charge in [0.05, 0.1) is 5.69 Å². The van der Waals surface area contributed by atoms with Crippen LogP contribution in [-0.2, 0) is 4.79 Å². The first-order valence-electron chi connectivity index (χ1n) is 4.11. The number of amides is 1. The highest BCUT2D eigenvalue weighted by Crippen LogP contribution is 2.17. The molecule has 0 saturated heterocycles. The molecule has 0 aliphatic rings. The van der Waals surface area contributed by atoms with Gasteiger partial charge in [0.15, 0.2) is 6.10 Å². The summed E-state index contributed by atoms with van der Waals surface area (Å²) in [6, 6.07) is 3.42. The van der Waals surface area contributed by atoms with E-state index in [4.69, 9.17) is 5.73 Å². The lowest BCUT2D eigenvalue weighted by Gasteiger charge is -2.15. The monoisotopic (exact) mass is 196 g/mol. The maximum Gasteiger partial charge on any atom is 0.249 e. The fraction of sp³-hybridized carbons (Fsp3) is 0.333. The first-order valence-corrected chi connectivity index (χ1v) is 4.11. The van der Waals surface area contributed by atoms with Gasteiger partial charge in [0.2, 0.25) is 5.91 Å². The maximum atomic E-state index is 10.6. The molecule has 1 aromatic heterocycles. The second kappa shape index (κ2) is 4.17. The van der Waals surface area contributed by atoms with Crippen molar-refractivity contribution in [1.29, 1.82) is 0 Å². The van der Waals surface area contributed by atoms with Crippen molar-refractivity contribution in [1.82, 2.24) is 4.98 Å². The molecule has 1 aromatic rings. The zero-order chi connectivity index (χ0) is 10.7. The van der Waals surface area contributed by atoms with Crippen molar-refractivity contribution in [2.45, 2.75) is 19.1 Å². The van der Waals surface area contributed by atoms with Crippen molar-refractivity contribution in [2.75, 3.05) is 0 Å². The number of primary amides is 1. The zero-order valence-electron chi connectivity index (χ0n) is 7.71. The molecule has 0 spiro atoms. The number of hydrogen-bond donors (Lipinski definition) is 3. The SMILES string of the molecule is Cc1cccnc1C(O)C(O)C(N)=O. The van der Waals surface area contributed by atoms with Gasteiger partial charge in [0, 0.05) is 6.20 Å². The van der Waals surface area contributed by atoms with Gasteiger partial charge in [-0.2, -0.15) is 0 Å². The summed E-state index contributed by atoms with van der Waals surface area (Å²) in [4.78, 5) is 14.5. The van der Waals surface area contributed by atoms with Crippen LogP contribution in [0.1, 0.15) is 17.4 Å². The summed E-state index contributed by atoms with van der Waals surface area (Å²) < 4.78 is 0. The summed E-state index contributed by atoms with van der Waals surface area (Å²) in [7, 11) is 0. The minimum Gasteiger partial charge on any atom is -0.383 e. The molecule has 2 atom stereocenters. The molecule has 5 heteroatoms. The standard InChI is InChI=1S/C9H12N2O3/c1-5-3-2-4-11-6(5)7(12)8(13)9(10)14/h2-4,7-8,12-13H,1H3,(H2,10,14). The van der Waals surface area contributed by atoms with Gasteiger partial charge in [0.1, 0.15) is 6.10 Å². The number of aromatic nitrogens is 1. The predicted octanol–water partition coefficient (Wildman–Crippen LogP) is -0.730. The van der Waals surface area contributed by atoms with Gasteiger partial charge in [-0.3, -0.25) is 9.78 Å². The molecule has 14 heavy (non-hydrogen) atoms. The van der Waals surface area contributed by atoms with Gasteiger partial charge in [-0.15, -0.1) is 0 Å². The third kappa shape index (κ3) is 2.07. The number of nitrogens with zero attached hydrogens (tertiary/aromatic N) is 1. The molecule has 2 unspecified atom stereocenters. The van der Waals surface area contributed by atoms with Crippen LogP contribution in [0.15, 0.2) is 18.3 Å². The van der Waals surface area contributed by atoms with Gasteiger partial charge in [0.25, 0.3) is 0 Å². The summed E-state index contributed by atoms with van der Waals surface area (Å²) in [6.45, 7) is 1.72. The van der Waals surface area contributed by atoms with Crippen LogP contribution in [0.5, 0.6) is 0 Å². The summed E-state index contributed by atoms with van der Waals surface area (Å²) in [5.74, 6) is -0.970. The normalized spacial score (nSPS) is 14.8. The van der Waals surface area contributed by atoms with Crippen LogP contribution in [0.2, 0.25) is 0 Å². The molecule has 0 aliphatic carbocycles. The Morgan fingerprint density at radius 2 is 2.21 bits per heavy atom. The first kappa shape index (κ1) is 10.6. The number of aliphatic hydroxyl groups excluding tert-OH is 2. The van der Waals surface area contributed by atoms with Crippen molar-refractivity contribution in [3.8, 4) is 0 Å². The third-order valence-corrected chi connectivity index (χ3v) is 1.92. The summed E-state index contributed by atoms with van der Waals surface area (Å²) >= 11 is 0. The summed E-state index contributed by atoms with van der Waals surface area (Å²) in [5.41, 5.74) is 5.81. The first-order chi connectivity index (χ1) is 6.54. The average Bonchev–Trinajstić information content (AvgIpc) is 2.16. The molecule has 0 aliphatic heterocycles. The Hall–Kier alpha value is -1.46. The largest absolute Gasteiger partial charge is 0.383 e.